The monoisotopic (exact) mass is 382 g/mol. The highest BCUT2D eigenvalue weighted by atomic mass is 35.5. The number of benzene rings is 2. The van der Waals surface area contributed by atoms with E-state index < -0.39 is 0 Å². The molecule has 6 heteroatoms. The molecule has 0 unspecified atom stereocenters. The second-order valence-electron chi connectivity index (χ2n) is 6.37. The van der Waals surface area contributed by atoms with Crippen LogP contribution in [0.5, 0.6) is 5.75 Å². The smallest absolute Gasteiger partial charge is 0.175 e. The minimum Gasteiger partial charge on any atom is -0.495 e. The fourth-order valence-corrected chi connectivity index (χ4v) is 2.66. The van der Waals surface area contributed by atoms with Crippen molar-refractivity contribution in [1.82, 2.24) is 0 Å². The Labute approximate surface area is 158 Å². The summed E-state index contributed by atoms with van der Waals surface area (Å²) in [4.78, 5) is 0. The Hall–Kier alpha value is -1.49. The van der Waals surface area contributed by atoms with E-state index in [9.17, 15) is 0 Å². The lowest BCUT2D eigenvalue weighted by atomic mass is 9.87. The number of hydrogen-bond donors (Lipinski definition) is 2. The third-order valence-corrected chi connectivity index (χ3v) is 4.43. The topological polar surface area (TPSA) is 33.3 Å². The molecule has 0 aromatic heterocycles. The number of hydrogen-bond acceptors (Lipinski definition) is 2. The summed E-state index contributed by atoms with van der Waals surface area (Å²) in [5, 5.41) is 7.68. The molecule has 0 atom stereocenters. The molecule has 2 N–H and O–H groups in total. The van der Waals surface area contributed by atoms with E-state index in [0.717, 1.165) is 17.1 Å². The maximum atomic E-state index is 6.02. The van der Waals surface area contributed by atoms with Crippen molar-refractivity contribution in [2.75, 3.05) is 17.7 Å². The Bertz CT molecular complexity index is 757. The average molecular weight is 383 g/mol. The summed E-state index contributed by atoms with van der Waals surface area (Å²) < 4.78 is 5.41. The molecule has 24 heavy (non-hydrogen) atoms. The zero-order valence-corrected chi connectivity index (χ0v) is 16.4. The molecule has 2 rings (SSSR count). The van der Waals surface area contributed by atoms with Gasteiger partial charge in [0.2, 0.25) is 0 Å². The lowest BCUT2D eigenvalue weighted by molar-refractivity contribution is 0.416. The van der Waals surface area contributed by atoms with Gasteiger partial charge >= 0.3 is 0 Å². The minimum absolute atomic E-state index is 0.0292. The molecule has 2 aromatic carbocycles. The molecule has 0 saturated carbocycles. The van der Waals surface area contributed by atoms with Crippen LogP contribution in [0.2, 0.25) is 10.0 Å². The number of thiocarbonyl (C=S) groups is 1. The van der Waals surface area contributed by atoms with E-state index in [4.69, 9.17) is 40.2 Å². The van der Waals surface area contributed by atoms with Crippen molar-refractivity contribution in [1.29, 1.82) is 0 Å². The van der Waals surface area contributed by atoms with E-state index in [1.165, 1.54) is 5.56 Å². The maximum absolute atomic E-state index is 6.02. The first-order valence-electron chi connectivity index (χ1n) is 7.42. The molecule has 0 aliphatic heterocycles. The predicted octanol–water partition coefficient (Wildman–Crippen LogP) is 6.11. The summed E-state index contributed by atoms with van der Waals surface area (Å²) >= 11 is 17.3. The molecule has 0 aliphatic carbocycles. The molecule has 3 nitrogen and oxygen atoms in total. The first kappa shape index (κ1) is 18.8. The molecule has 128 valence electrons. The summed E-state index contributed by atoms with van der Waals surface area (Å²) in [7, 11) is 1.63. The van der Waals surface area contributed by atoms with E-state index in [1.807, 2.05) is 18.2 Å². The Morgan fingerprint density at radius 3 is 2.29 bits per heavy atom. The number of rotatable bonds is 3. The Morgan fingerprint density at radius 1 is 1.00 bits per heavy atom. The molecule has 0 spiro atoms. The van der Waals surface area contributed by atoms with Gasteiger partial charge in [-0.05, 0) is 53.5 Å². The van der Waals surface area contributed by atoms with Crippen LogP contribution in [0.25, 0.3) is 0 Å². The molecule has 2 aromatic rings. The van der Waals surface area contributed by atoms with Crippen molar-refractivity contribution in [3.8, 4) is 5.75 Å². The fourth-order valence-electron chi connectivity index (χ4n) is 2.13. The number of ether oxygens (including phenoxy) is 1. The van der Waals surface area contributed by atoms with Crippen LogP contribution >= 0.6 is 35.4 Å². The van der Waals surface area contributed by atoms with Crippen LogP contribution in [0.3, 0.4) is 0 Å². The van der Waals surface area contributed by atoms with Gasteiger partial charge in [0.15, 0.2) is 5.11 Å². The number of anilines is 2. The number of methoxy groups -OCH3 is 1. The van der Waals surface area contributed by atoms with Gasteiger partial charge in [-0.3, -0.25) is 0 Å². The standard InChI is InChI=1S/C18H20Cl2N2OS/c1-18(2,3)11-5-8-16(23-4)15(9-11)22-17(24)21-12-6-7-13(19)14(20)10-12/h5-10H,1-4H3,(H2,21,22,24). The molecular formula is C18H20Cl2N2OS. The third-order valence-electron chi connectivity index (χ3n) is 3.49. The van der Waals surface area contributed by atoms with E-state index in [1.54, 1.807) is 19.2 Å². The first-order valence-corrected chi connectivity index (χ1v) is 8.58. The lowest BCUT2D eigenvalue weighted by Gasteiger charge is -2.22. The highest BCUT2D eigenvalue weighted by molar-refractivity contribution is 7.80. The van der Waals surface area contributed by atoms with Gasteiger partial charge < -0.3 is 15.4 Å². The van der Waals surface area contributed by atoms with Crippen LogP contribution in [0, 0.1) is 0 Å². The largest absolute Gasteiger partial charge is 0.495 e. The van der Waals surface area contributed by atoms with Gasteiger partial charge in [0.1, 0.15) is 5.75 Å². The normalized spacial score (nSPS) is 11.1. The first-order chi connectivity index (χ1) is 11.2. The van der Waals surface area contributed by atoms with Crippen LogP contribution in [0.4, 0.5) is 11.4 Å². The highest BCUT2D eigenvalue weighted by Gasteiger charge is 2.16. The van der Waals surface area contributed by atoms with Crippen molar-refractivity contribution >= 4 is 51.9 Å². The van der Waals surface area contributed by atoms with Crippen molar-refractivity contribution in [3.63, 3.8) is 0 Å². The van der Waals surface area contributed by atoms with Crippen molar-refractivity contribution in [3.05, 3.63) is 52.0 Å². The highest BCUT2D eigenvalue weighted by Crippen LogP contribution is 2.31. The van der Waals surface area contributed by atoms with Gasteiger partial charge in [0.25, 0.3) is 0 Å². The van der Waals surface area contributed by atoms with E-state index >= 15 is 0 Å². The summed E-state index contributed by atoms with van der Waals surface area (Å²) in [5.41, 5.74) is 2.78. The fraction of sp³-hybridized carbons (Fsp3) is 0.278. The van der Waals surface area contributed by atoms with Crippen LogP contribution in [0.15, 0.2) is 36.4 Å². The second-order valence-corrected chi connectivity index (χ2v) is 7.60. The third kappa shape index (κ3) is 4.76. The molecule has 0 saturated heterocycles. The molecular weight excluding hydrogens is 363 g/mol. The summed E-state index contributed by atoms with van der Waals surface area (Å²) in [6.45, 7) is 6.47. The second kappa shape index (κ2) is 7.60. The van der Waals surface area contributed by atoms with Gasteiger partial charge in [0.05, 0.1) is 22.8 Å². The van der Waals surface area contributed by atoms with Crippen LogP contribution < -0.4 is 15.4 Å². The van der Waals surface area contributed by atoms with Gasteiger partial charge in [-0.1, -0.05) is 50.0 Å². The summed E-state index contributed by atoms with van der Waals surface area (Å²) in [6.07, 6.45) is 0. The van der Waals surface area contributed by atoms with Crippen LogP contribution in [0.1, 0.15) is 26.3 Å². The molecule has 0 aliphatic rings. The Kier molecular flexibility index (Phi) is 5.97. The van der Waals surface area contributed by atoms with Crippen molar-refractivity contribution in [2.24, 2.45) is 0 Å². The van der Waals surface area contributed by atoms with Gasteiger partial charge in [-0.15, -0.1) is 0 Å². The SMILES string of the molecule is COc1ccc(C(C)(C)C)cc1NC(=S)Nc1ccc(Cl)c(Cl)c1. The Balaban J connectivity index is 2.19. The Morgan fingerprint density at radius 2 is 1.71 bits per heavy atom. The van der Waals surface area contributed by atoms with Gasteiger partial charge in [0, 0.05) is 5.69 Å². The lowest BCUT2D eigenvalue weighted by Crippen LogP contribution is -2.20. The van der Waals surface area contributed by atoms with E-state index in [2.05, 4.69) is 37.5 Å². The molecule has 0 amide bonds. The summed E-state index contributed by atoms with van der Waals surface area (Å²) in [5.74, 6) is 0.723. The van der Waals surface area contributed by atoms with Crippen molar-refractivity contribution in [2.45, 2.75) is 26.2 Å². The van der Waals surface area contributed by atoms with Gasteiger partial charge in [-0.25, -0.2) is 0 Å². The van der Waals surface area contributed by atoms with Crippen LogP contribution in [-0.2, 0) is 5.41 Å². The molecule has 0 fully saturated rings. The minimum atomic E-state index is 0.0292. The average Bonchev–Trinajstić information content (AvgIpc) is 2.50. The van der Waals surface area contributed by atoms with E-state index in [-0.39, 0.29) is 5.41 Å². The number of nitrogens with one attached hydrogen (secondary N) is 2. The van der Waals surface area contributed by atoms with E-state index in [0.29, 0.717) is 15.2 Å². The predicted molar refractivity (Wildman–Crippen MR) is 108 cm³/mol. The molecule has 0 radical (unpaired) electrons. The number of halogens is 2. The quantitative estimate of drug-likeness (QED) is 0.627. The van der Waals surface area contributed by atoms with Crippen LogP contribution in [-0.4, -0.2) is 12.2 Å². The molecule has 0 heterocycles. The van der Waals surface area contributed by atoms with Crippen molar-refractivity contribution < 1.29 is 4.74 Å². The zero-order valence-electron chi connectivity index (χ0n) is 14.0. The summed E-state index contributed by atoms with van der Waals surface area (Å²) in [6, 6.07) is 11.3. The zero-order chi connectivity index (χ0) is 17.9. The van der Waals surface area contributed by atoms with Gasteiger partial charge in [-0.2, -0.15) is 0 Å². The molecule has 0 bridgehead atoms. The maximum Gasteiger partial charge on any atom is 0.175 e.